The van der Waals surface area contributed by atoms with E-state index in [0.29, 0.717) is 38.5 Å². The molecule has 0 bridgehead atoms. The lowest BCUT2D eigenvalue weighted by atomic mass is 10.1. The van der Waals surface area contributed by atoms with Gasteiger partial charge in [-0.05, 0) is 25.0 Å². The van der Waals surface area contributed by atoms with E-state index in [9.17, 15) is 9.59 Å². The van der Waals surface area contributed by atoms with Gasteiger partial charge in [-0.25, -0.2) is 4.79 Å². The molecule has 0 unspecified atom stereocenters. The van der Waals surface area contributed by atoms with Crippen molar-refractivity contribution in [3.8, 4) is 5.75 Å². The highest BCUT2D eigenvalue weighted by Crippen LogP contribution is 2.20. The van der Waals surface area contributed by atoms with Crippen LogP contribution < -0.4 is 15.4 Å². The Morgan fingerprint density at radius 1 is 1.22 bits per heavy atom. The molecule has 0 saturated carbocycles. The van der Waals surface area contributed by atoms with Crippen molar-refractivity contribution in [3.05, 3.63) is 29.3 Å². The molecule has 2 amide bonds. The molecular formula is C16H24N2O5. The number of urea groups is 1. The monoisotopic (exact) mass is 324 g/mol. The molecule has 0 aliphatic rings. The van der Waals surface area contributed by atoms with Gasteiger partial charge >= 0.3 is 12.0 Å². The number of amides is 2. The summed E-state index contributed by atoms with van der Waals surface area (Å²) >= 11 is 0. The van der Waals surface area contributed by atoms with E-state index in [4.69, 9.17) is 14.6 Å². The van der Waals surface area contributed by atoms with Crippen molar-refractivity contribution >= 4 is 12.0 Å². The van der Waals surface area contributed by atoms with Gasteiger partial charge in [-0.2, -0.15) is 0 Å². The van der Waals surface area contributed by atoms with Gasteiger partial charge in [0.25, 0.3) is 0 Å². The molecule has 0 heterocycles. The van der Waals surface area contributed by atoms with Gasteiger partial charge in [0.1, 0.15) is 12.4 Å². The first kappa shape index (κ1) is 18.8. The first-order valence-electron chi connectivity index (χ1n) is 7.47. The Labute approximate surface area is 136 Å². The Morgan fingerprint density at radius 2 is 2.00 bits per heavy atom. The number of hydrogen-bond donors (Lipinski definition) is 3. The first-order valence-corrected chi connectivity index (χ1v) is 7.47. The maximum atomic E-state index is 11.7. The fraction of sp³-hybridized carbons (Fsp3) is 0.500. The minimum Gasteiger partial charge on any atom is -0.491 e. The average Bonchev–Trinajstić information content (AvgIpc) is 2.51. The smallest absolute Gasteiger partial charge is 0.315 e. The average molecular weight is 324 g/mol. The Hall–Kier alpha value is -2.28. The van der Waals surface area contributed by atoms with Crippen LogP contribution in [0.25, 0.3) is 0 Å². The number of carboxylic acid groups (broad SMARTS) is 1. The molecule has 7 heteroatoms. The van der Waals surface area contributed by atoms with Crippen molar-refractivity contribution in [2.24, 2.45) is 0 Å². The molecule has 7 nitrogen and oxygen atoms in total. The number of ether oxygens (including phenoxy) is 2. The van der Waals surface area contributed by atoms with Crippen molar-refractivity contribution in [2.45, 2.75) is 26.3 Å². The molecule has 23 heavy (non-hydrogen) atoms. The van der Waals surface area contributed by atoms with Crippen LogP contribution >= 0.6 is 0 Å². The molecule has 0 atom stereocenters. The molecule has 0 radical (unpaired) electrons. The topological polar surface area (TPSA) is 96.9 Å². The molecular weight excluding hydrogens is 300 g/mol. The summed E-state index contributed by atoms with van der Waals surface area (Å²) in [4.78, 5) is 22.0. The lowest BCUT2D eigenvalue weighted by Gasteiger charge is -2.13. The predicted octanol–water partition coefficient (Wildman–Crippen LogP) is 1.68. The summed E-state index contributed by atoms with van der Waals surface area (Å²) in [6.45, 7) is 3.55. The van der Waals surface area contributed by atoms with E-state index in [-0.39, 0.29) is 12.5 Å². The van der Waals surface area contributed by atoms with Gasteiger partial charge in [0.05, 0.1) is 6.61 Å². The van der Waals surface area contributed by atoms with E-state index in [1.165, 1.54) is 0 Å². The highest BCUT2D eigenvalue weighted by molar-refractivity contribution is 5.74. The molecule has 0 fully saturated rings. The third-order valence-corrected chi connectivity index (χ3v) is 3.06. The Bertz CT molecular complexity index is 519. The van der Waals surface area contributed by atoms with E-state index in [2.05, 4.69) is 10.6 Å². The summed E-state index contributed by atoms with van der Waals surface area (Å²) < 4.78 is 10.6. The van der Waals surface area contributed by atoms with Gasteiger partial charge in [-0.3, -0.25) is 4.79 Å². The molecule has 0 saturated heterocycles. The Balaban J connectivity index is 2.43. The number of nitrogens with one attached hydrogen (secondary N) is 2. The van der Waals surface area contributed by atoms with Crippen LogP contribution in [0.1, 0.15) is 24.0 Å². The number of carbonyl (C=O) groups excluding carboxylic acids is 1. The van der Waals surface area contributed by atoms with Crippen molar-refractivity contribution in [3.63, 3.8) is 0 Å². The maximum absolute atomic E-state index is 11.7. The maximum Gasteiger partial charge on any atom is 0.315 e. The number of benzene rings is 1. The van der Waals surface area contributed by atoms with E-state index >= 15 is 0 Å². The third-order valence-electron chi connectivity index (χ3n) is 3.06. The number of aryl methyl sites for hydroxylation is 1. The van der Waals surface area contributed by atoms with Crippen LogP contribution in [-0.2, 0) is 16.1 Å². The van der Waals surface area contributed by atoms with Gasteiger partial charge in [0.15, 0.2) is 0 Å². The summed E-state index contributed by atoms with van der Waals surface area (Å²) in [5.74, 6) is -0.155. The largest absolute Gasteiger partial charge is 0.491 e. The highest BCUT2D eigenvalue weighted by atomic mass is 16.5. The Morgan fingerprint density at radius 3 is 2.70 bits per heavy atom. The summed E-state index contributed by atoms with van der Waals surface area (Å²) in [6.07, 6.45) is 0.439. The zero-order valence-corrected chi connectivity index (χ0v) is 13.6. The molecule has 1 rings (SSSR count). The van der Waals surface area contributed by atoms with Gasteiger partial charge in [-0.1, -0.05) is 12.1 Å². The molecule has 128 valence electrons. The number of carbonyl (C=O) groups is 2. The van der Waals surface area contributed by atoms with Gasteiger partial charge in [0, 0.05) is 32.2 Å². The second kappa shape index (κ2) is 10.4. The normalized spacial score (nSPS) is 10.2. The molecule has 0 aromatic heterocycles. The minimum absolute atomic E-state index is 0.0374. The fourth-order valence-corrected chi connectivity index (χ4v) is 1.86. The van der Waals surface area contributed by atoms with Crippen LogP contribution in [0.2, 0.25) is 0 Å². The summed E-state index contributed by atoms with van der Waals surface area (Å²) in [7, 11) is 1.61. The van der Waals surface area contributed by atoms with E-state index in [1.807, 2.05) is 25.1 Å². The summed E-state index contributed by atoms with van der Waals surface area (Å²) in [6, 6.07) is 5.43. The van der Waals surface area contributed by atoms with Gasteiger partial charge in [-0.15, -0.1) is 0 Å². The van der Waals surface area contributed by atoms with E-state index in [0.717, 1.165) is 11.1 Å². The number of hydrogen-bond acceptors (Lipinski definition) is 4. The Kier molecular flexibility index (Phi) is 8.52. The standard InChI is InChI=1S/C16H24N2O5/c1-12-5-6-13(14(10-12)23-9-8-22-2)11-18-16(21)17-7-3-4-15(19)20/h5-6,10H,3-4,7-9,11H2,1-2H3,(H,19,20)(H2,17,18,21). The lowest BCUT2D eigenvalue weighted by molar-refractivity contribution is -0.137. The van der Waals surface area contributed by atoms with Gasteiger partial charge in [0.2, 0.25) is 0 Å². The van der Waals surface area contributed by atoms with Crippen molar-refractivity contribution in [1.82, 2.24) is 10.6 Å². The van der Waals surface area contributed by atoms with Crippen LogP contribution in [0.3, 0.4) is 0 Å². The highest BCUT2D eigenvalue weighted by Gasteiger charge is 2.07. The second-order valence-electron chi connectivity index (χ2n) is 5.06. The number of carboxylic acids is 1. The summed E-state index contributed by atoms with van der Waals surface area (Å²) in [5.41, 5.74) is 1.94. The SMILES string of the molecule is COCCOc1cc(C)ccc1CNC(=O)NCCCC(=O)O. The minimum atomic E-state index is -0.871. The third kappa shape index (κ3) is 8.06. The number of rotatable bonds is 10. The molecule has 0 spiro atoms. The molecule has 3 N–H and O–H groups in total. The van der Waals surface area contributed by atoms with Crippen molar-refractivity contribution < 1.29 is 24.2 Å². The van der Waals surface area contributed by atoms with E-state index < -0.39 is 5.97 Å². The van der Waals surface area contributed by atoms with Gasteiger partial charge < -0.3 is 25.2 Å². The van der Waals surface area contributed by atoms with Crippen LogP contribution in [0.15, 0.2) is 18.2 Å². The molecule has 1 aromatic rings. The van der Waals surface area contributed by atoms with Crippen molar-refractivity contribution in [1.29, 1.82) is 0 Å². The zero-order chi connectivity index (χ0) is 17.1. The first-order chi connectivity index (χ1) is 11.0. The number of methoxy groups -OCH3 is 1. The lowest BCUT2D eigenvalue weighted by Crippen LogP contribution is -2.35. The number of aliphatic carboxylic acids is 1. The molecule has 0 aliphatic heterocycles. The molecule has 1 aromatic carbocycles. The van der Waals surface area contributed by atoms with Crippen LogP contribution in [0, 0.1) is 6.92 Å². The van der Waals surface area contributed by atoms with Crippen molar-refractivity contribution in [2.75, 3.05) is 26.9 Å². The zero-order valence-electron chi connectivity index (χ0n) is 13.6. The predicted molar refractivity (Wildman–Crippen MR) is 85.7 cm³/mol. The second-order valence-corrected chi connectivity index (χ2v) is 5.06. The van der Waals surface area contributed by atoms with Crippen LogP contribution in [-0.4, -0.2) is 44.0 Å². The van der Waals surface area contributed by atoms with Crippen LogP contribution in [0.5, 0.6) is 5.75 Å². The fourth-order valence-electron chi connectivity index (χ4n) is 1.86. The summed E-state index contributed by atoms with van der Waals surface area (Å²) in [5, 5.41) is 13.9. The quantitative estimate of drug-likeness (QED) is 0.569. The van der Waals surface area contributed by atoms with Crippen LogP contribution in [0.4, 0.5) is 4.79 Å². The van der Waals surface area contributed by atoms with E-state index in [1.54, 1.807) is 7.11 Å². The molecule has 0 aliphatic carbocycles.